The van der Waals surface area contributed by atoms with Gasteiger partial charge in [-0.05, 0) is 63.8 Å². The van der Waals surface area contributed by atoms with Crippen molar-refractivity contribution in [3.63, 3.8) is 0 Å². The van der Waals surface area contributed by atoms with Gasteiger partial charge >= 0.3 is 0 Å². The third-order valence-electron chi connectivity index (χ3n) is 8.90. The summed E-state index contributed by atoms with van der Waals surface area (Å²) in [6, 6.07) is 7.27. The molecule has 3 saturated heterocycles. The fraction of sp³-hybridized carbons (Fsp3) is 0.594. The van der Waals surface area contributed by atoms with Crippen LogP contribution in [0.5, 0.6) is 0 Å². The molecule has 4 rings (SSSR count). The number of carbonyl (C=O) groups is 3. The van der Waals surface area contributed by atoms with Crippen LogP contribution < -0.4 is 9.80 Å². The highest BCUT2D eigenvalue weighted by atomic mass is 32.2. The van der Waals surface area contributed by atoms with E-state index in [-0.39, 0.29) is 36.1 Å². The number of benzene rings is 1. The number of thioether (sulfide) groups is 1. The van der Waals surface area contributed by atoms with Gasteiger partial charge in [0.2, 0.25) is 11.8 Å². The van der Waals surface area contributed by atoms with Gasteiger partial charge in [0.05, 0.1) is 16.6 Å². The van der Waals surface area contributed by atoms with Crippen LogP contribution in [-0.2, 0) is 14.4 Å². The highest BCUT2D eigenvalue weighted by Gasteiger charge is 2.74. The number of rotatable bonds is 15. The van der Waals surface area contributed by atoms with E-state index >= 15 is 0 Å². The Balaban J connectivity index is 1.72. The van der Waals surface area contributed by atoms with Crippen molar-refractivity contribution in [2.24, 2.45) is 11.8 Å². The molecular formula is C32H46N4O4S. The first-order valence-electron chi connectivity index (χ1n) is 15.1. The van der Waals surface area contributed by atoms with E-state index in [4.69, 9.17) is 0 Å². The molecule has 8 nitrogen and oxygen atoms in total. The summed E-state index contributed by atoms with van der Waals surface area (Å²) in [6.45, 7) is 17.4. The lowest BCUT2D eigenvalue weighted by molar-refractivity contribution is -0.144. The second-order valence-electron chi connectivity index (χ2n) is 11.2. The molecule has 3 aliphatic heterocycles. The number of anilines is 2. The summed E-state index contributed by atoms with van der Waals surface area (Å²) < 4.78 is -0.665. The number of aliphatic hydroxyl groups excluding tert-OH is 1. The maximum absolute atomic E-state index is 14.6. The van der Waals surface area contributed by atoms with Crippen LogP contribution in [0, 0.1) is 11.8 Å². The number of aliphatic hydroxyl groups is 1. The Morgan fingerprint density at radius 1 is 1.07 bits per heavy atom. The second kappa shape index (κ2) is 13.5. The van der Waals surface area contributed by atoms with Crippen LogP contribution in [-0.4, -0.2) is 94.5 Å². The molecule has 9 heteroatoms. The van der Waals surface area contributed by atoms with Crippen molar-refractivity contribution < 1.29 is 19.5 Å². The zero-order chi connectivity index (χ0) is 29.7. The molecule has 3 heterocycles. The first-order chi connectivity index (χ1) is 19.8. The van der Waals surface area contributed by atoms with E-state index in [1.165, 1.54) is 0 Å². The average Bonchev–Trinajstić information content (AvgIpc) is 3.62. The first kappa shape index (κ1) is 31.2. The molecule has 3 amide bonds. The lowest BCUT2D eigenvalue weighted by Gasteiger charge is -2.37. The SMILES string of the molecule is C=CCN(CCC)C(=O)[C@@H]1[C@H]2C(=O)N(CCCO)C(C(=O)N(CC=C)c3ccc(N(CC)CC)cc3)C23CC[C@H]1S3. The van der Waals surface area contributed by atoms with Crippen molar-refractivity contribution in [1.29, 1.82) is 0 Å². The normalized spacial score (nSPS) is 26.1. The molecule has 0 radical (unpaired) electrons. The molecule has 1 aromatic rings. The van der Waals surface area contributed by atoms with Crippen LogP contribution >= 0.6 is 11.8 Å². The Hall–Kier alpha value is -2.78. The number of carbonyl (C=O) groups excluding carboxylic acids is 3. The molecule has 3 fully saturated rings. The quantitative estimate of drug-likeness (QED) is 0.316. The summed E-state index contributed by atoms with van der Waals surface area (Å²) in [5.41, 5.74) is 1.84. The molecule has 5 atom stereocenters. The monoisotopic (exact) mass is 582 g/mol. The van der Waals surface area contributed by atoms with Gasteiger partial charge in [-0.2, -0.15) is 0 Å². The first-order valence-corrected chi connectivity index (χ1v) is 16.0. The molecule has 2 unspecified atom stereocenters. The zero-order valence-electron chi connectivity index (χ0n) is 24.8. The number of hydrogen-bond acceptors (Lipinski definition) is 6. The Labute approximate surface area is 249 Å². The zero-order valence-corrected chi connectivity index (χ0v) is 25.7. The summed E-state index contributed by atoms with van der Waals surface area (Å²) in [4.78, 5) is 50.2. The molecular weight excluding hydrogens is 536 g/mol. The molecule has 0 aliphatic carbocycles. The Kier molecular flexibility index (Phi) is 10.2. The maximum Gasteiger partial charge on any atom is 0.251 e. The molecule has 41 heavy (non-hydrogen) atoms. The minimum Gasteiger partial charge on any atom is -0.396 e. The highest BCUT2D eigenvalue weighted by Crippen LogP contribution is 2.66. The van der Waals surface area contributed by atoms with Crippen molar-refractivity contribution in [1.82, 2.24) is 9.80 Å². The fourth-order valence-electron chi connectivity index (χ4n) is 7.16. The van der Waals surface area contributed by atoms with Gasteiger partial charge in [-0.25, -0.2) is 0 Å². The Bertz CT molecular complexity index is 1120. The standard InChI is InChI=1S/C32H46N4O4S/c1-6-18-34(19-7-2)29(38)26-25-16-17-32(41-25)27(26)30(39)36(21-11-22-37)28(32)31(40)35(20-8-3)24-14-12-23(13-15-24)33(9-4)10-5/h6,8,12-15,25-28,37H,1,3,7,9-11,16-22H2,2,4-5H3/t25-,26+,27+,28?,32?/m1/s1. The number of nitrogens with zero attached hydrogens (tertiary/aromatic N) is 4. The Morgan fingerprint density at radius 3 is 2.32 bits per heavy atom. The van der Waals surface area contributed by atoms with Crippen LogP contribution in [0.15, 0.2) is 49.6 Å². The fourth-order valence-corrected chi connectivity index (χ4v) is 9.36. The van der Waals surface area contributed by atoms with Gasteiger partial charge in [-0.1, -0.05) is 19.1 Å². The number of fused-ring (bicyclic) bond motifs is 1. The minimum atomic E-state index is -0.708. The molecule has 224 valence electrons. The van der Waals surface area contributed by atoms with Gasteiger partial charge in [-0.15, -0.1) is 24.9 Å². The highest BCUT2D eigenvalue weighted by molar-refractivity contribution is 8.02. The van der Waals surface area contributed by atoms with Gasteiger partial charge in [0.1, 0.15) is 6.04 Å². The van der Waals surface area contributed by atoms with Crippen molar-refractivity contribution >= 4 is 40.9 Å². The Morgan fingerprint density at radius 2 is 1.73 bits per heavy atom. The third-order valence-corrected chi connectivity index (χ3v) is 10.9. The minimum absolute atomic E-state index is 0.00526. The average molecular weight is 583 g/mol. The predicted molar refractivity (Wildman–Crippen MR) is 167 cm³/mol. The molecule has 2 bridgehead atoms. The van der Waals surface area contributed by atoms with E-state index in [1.807, 2.05) is 36.1 Å². The van der Waals surface area contributed by atoms with E-state index in [0.717, 1.165) is 37.3 Å². The van der Waals surface area contributed by atoms with E-state index in [1.54, 1.807) is 33.7 Å². The van der Waals surface area contributed by atoms with Gasteiger partial charge in [0.25, 0.3) is 5.91 Å². The molecule has 1 N–H and O–H groups in total. The summed E-state index contributed by atoms with van der Waals surface area (Å²) in [6.07, 6.45) is 6.16. The van der Waals surface area contributed by atoms with Crippen LogP contribution in [0.4, 0.5) is 11.4 Å². The van der Waals surface area contributed by atoms with Crippen LogP contribution in [0.3, 0.4) is 0 Å². The largest absolute Gasteiger partial charge is 0.396 e. The van der Waals surface area contributed by atoms with E-state index in [2.05, 4.69) is 31.9 Å². The van der Waals surface area contributed by atoms with E-state index in [0.29, 0.717) is 32.5 Å². The summed E-state index contributed by atoms with van der Waals surface area (Å²) in [5.74, 6) is -1.29. The summed E-state index contributed by atoms with van der Waals surface area (Å²) in [7, 11) is 0. The summed E-state index contributed by atoms with van der Waals surface area (Å²) in [5, 5.41) is 9.67. The van der Waals surface area contributed by atoms with E-state index in [9.17, 15) is 19.5 Å². The number of hydrogen-bond donors (Lipinski definition) is 1. The molecule has 0 aromatic heterocycles. The van der Waals surface area contributed by atoms with Crippen molar-refractivity contribution in [2.75, 3.05) is 55.7 Å². The predicted octanol–water partition coefficient (Wildman–Crippen LogP) is 3.95. The van der Waals surface area contributed by atoms with Crippen molar-refractivity contribution in [3.8, 4) is 0 Å². The van der Waals surface area contributed by atoms with Crippen LogP contribution in [0.2, 0.25) is 0 Å². The maximum atomic E-state index is 14.6. The van der Waals surface area contributed by atoms with Gasteiger partial charge in [0.15, 0.2) is 0 Å². The second-order valence-corrected chi connectivity index (χ2v) is 12.8. The number of likely N-dealkylation sites (tertiary alicyclic amines) is 1. The van der Waals surface area contributed by atoms with Gasteiger partial charge in [0, 0.05) is 62.5 Å². The van der Waals surface area contributed by atoms with E-state index < -0.39 is 22.6 Å². The van der Waals surface area contributed by atoms with Crippen LogP contribution in [0.25, 0.3) is 0 Å². The van der Waals surface area contributed by atoms with Gasteiger partial charge < -0.3 is 24.7 Å². The third kappa shape index (κ3) is 5.55. The lowest BCUT2D eigenvalue weighted by Crippen LogP contribution is -2.55. The summed E-state index contributed by atoms with van der Waals surface area (Å²) >= 11 is 1.68. The van der Waals surface area contributed by atoms with Crippen molar-refractivity contribution in [3.05, 3.63) is 49.6 Å². The molecule has 3 aliphatic rings. The lowest BCUT2D eigenvalue weighted by atomic mass is 9.70. The molecule has 0 saturated carbocycles. The van der Waals surface area contributed by atoms with Crippen LogP contribution in [0.1, 0.15) is 46.5 Å². The number of amides is 3. The molecule has 1 aromatic carbocycles. The van der Waals surface area contributed by atoms with Crippen molar-refractivity contribution in [2.45, 2.75) is 62.5 Å². The van der Waals surface area contributed by atoms with Gasteiger partial charge in [-0.3, -0.25) is 14.4 Å². The molecule has 1 spiro atoms. The smallest absolute Gasteiger partial charge is 0.251 e. The topological polar surface area (TPSA) is 84.4 Å².